The summed E-state index contributed by atoms with van der Waals surface area (Å²) in [6.07, 6.45) is 6.26. The van der Waals surface area contributed by atoms with Crippen LogP contribution in [-0.2, 0) is 16.0 Å². The summed E-state index contributed by atoms with van der Waals surface area (Å²) in [4.78, 5) is 29.4. The lowest BCUT2D eigenvalue weighted by atomic mass is 10.1. The van der Waals surface area contributed by atoms with E-state index in [9.17, 15) is 9.59 Å². The summed E-state index contributed by atoms with van der Waals surface area (Å²) in [5.74, 6) is 0.783. The number of amides is 2. The molecule has 0 spiro atoms. The third-order valence-corrected chi connectivity index (χ3v) is 7.19. The van der Waals surface area contributed by atoms with Crippen molar-refractivity contribution in [2.75, 3.05) is 12.3 Å². The molecule has 0 saturated heterocycles. The topological polar surface area (TPSA) is 49.4 Å². The smallest absolute Gasteiger partial charge is 0.243 e. The second-order valence-electron chi connectivity index (χ2n) is 8.65. The van der Waals surface area contributed by atoms with Gasteiger partial charge in [-0.1, -0.05) is 67.8 Å². The zero-order valence-corrected chi connectivity index (χ0v) is 20.2. The maximum absolute atomic E-state index is 13.3. The molecule has 1 atom stereocenters. The summed E-state index contributed by atoms with van der Waals surface area (Å²) in [6.45, 7) is 4.64. The van der Waals surface area contributed by atoms with Crippen LogP contribution in [0.3, 0.4) is 0 Å². The van der Waals surface area contributed by atoms with Crippen molar-refractivity contribution >= 4 is 23.6 Å². The molecule has 2 amide bonds. The van der Waals surface area contributed by atoms with E-state index in [1.165, 1.54) is 28.9 Å². The van der Waals surface area contributed by atoms with Gasteiger partial charge in [-0.15, -0.1) is 11.8 Å². The van der Waals surface area contributed by atoms with Crippen molar-refractivity contribution in [3.63, 3.8) is 0 Å². The highest BCUT2D eigenvalue weighted by Gasteiger charge is 2.30. The third kappa shape index (κ3) is 7.40. The van der Waals surface area contributed by atoms with Gasteiger partial charge in [0.05, 0.1) is 0 Å². The Kier molecular flexibility index (Phi) is 9.66. The Hall–Kier alpha value is -2.27. The number of nitrogens with one attached hydrogen (secondary N) is 1. The van der Waals surface area contributed by atoms with Gasteiger partial charge in [-0.2, -0.15) is 0 Å². The van der Waals surface area contributed by atoms with Gasteiger partial charge in [-0.25, -0.2) is 0 Å². The number of carbonyl (C=O) groups excluding carboxylic acids is 2. The molecule has 0 heterocycles. The van der Waals surface area contributed by atoms with E-state index in [1.807, 2.05) is 30.0 Å². The fourth-order valence-electron chi connectivity index (χ4n) is 4.30. The van der Waals surface area contributed by atoms with Crippen molar-refractivity contribution in [1.82, 2.24) is 10.2 Å². The van der Waals surface area contributed by atoms with Crippen LogP contribution < -0.4 is 5.32 Å². The zero-order chi connectivity index (χ0) is 22.8. The van der Waals surface area contributed by atoms with E-state index in [0.29, 0.717) is 25.1 Å². The minimum atomic E-state index is -0.406. The van der Waals surface area contributed by atoms with Crippen LogP contribution in [0.15, 0.2) is 59.5 Å². The second kappa shape index (κ2) is 12.7. The summed E-state index contributed by atoms with van der Waals surface area (Å²) in [6, 6.07) is 18.4. The van der Waals surface area contributed by atoms with Crippen molar-refractivity contribution in [2.45, 2.75) is 75.8 Å². The van der Waals surface area contributed by atoms with Gasteiger partial charge in [0, 0.05) is 29.7 Å². The minimum Gasteiger partial charge on any atom is -0.352 e. The predicted molar refractivity (Wildman–Crippen MR) is 133 cm³/mol. The molecule has 5 heteroatoms. The molecular formula is C27H36N2O2S. The Morgan fingerprint density at radius 3 is 2.41 bits per heavy atom. The first-order chi connectivity index (χ1) is 15.6. The quantitative estimate of drug-likeness (QED) is 0.465. The van der Waals surface area contributed by atoms with Crippen LogP contribution in [0.25, 0.3) is 0 Å². The number of nitrogens with zero attached hydrogens (tertiary/aromatic N) is 1. The van der Waals surface area contributed by atoms with E-state index >= 15 is 0 Å². The van der Waals surface area contributed by atoms with Crippen molar-refractivity contribution in [3.05, 3.63) is 65.7 Å². The fraction of sp³-hybridized carbons (Fsp3) is 0.481. The molecule has 172 valence electrons. The standard InChI is InChI=1S/C27H36N2O2S/c1-3-25(27(31)28-23-11-7-8-12-23)29(19-17-22-9-5-4-6-10-22)26(30)18-20-32-24-15-13-21(2)14-16-24/h4-6,9-10,13-16,23,25H,3,7-8,11-12,17-20H2,1-2H3,(H,28,31). The minimum absolute atomic E-state index is 0.00648. The van der Waals surface area contributed by atoms with E-state index in [-0.39, 0.29) is 17.9 Å². The first-order valence-corrected chi connectivity index (χ1v) is 12.9. The zero-order valence-electron chi connectivity index (χ0n) is 19.4. The van der Waals surface area contributed by atoms with Crippen molar-refractivity contribution in [1.29, 1.82) is 0 Å². The van der Waals surface area contributed by atoms with Crippen LogP contribution in [0.4, 0.5) is 0 Å². The van der Waals surface area contributed by atoms with Gasteiger partial charge in [0.2, 0.25) is 11.8 Å². The predicted octanol–water partition coefficient (Wildman–Crippen LogP) is 5.39. The Bertz CT molecular complexity index is 848. The second-order valence-corrected chi connectivity index (χ2v) is 9.82. The fourth-order valence-corrected chi connectivity index (χ4v) is 5.14. The van der Waals surface area contributed by atoms with Crippen molar-refractivity contribution in [3.8, 4) is 0 Å². The summed E-state index contributed by atoms with van der Waals surface area (Å²) in [5, 5.41) is 3.21. The number of thioether (sulfide) groups is 1. The summed E-state index contributed by atoms with van der Waals surface area (Å²) >= 11 is 1.70. The Morgan fingerprint density at radius 1 is 1.06 bits per heavy atom. The maximum Gasteiger partial charge on any atom is 0.243 e. The Morgan fingerprint density at radius 2 is 1.75 bits per heavy atom. The van der Waals surface area contributed by atoms with E-state index in [2.05, 4.69) is 48.6 Å². The average Bonchev–Trinajstić information content (AvgIpc) is 3.31. The number of aryl methyl sites for hydroxylation is 1. The van der Waals surface area contributed by atoms with E-state index in [1.54, 1.807) is 11.8 Å². The normalized spacial score (nSPS) is 14.8. The van der Waals surface area contributed by atoms with Crippen LogP contribution in [0.1, 0.15) is 56.6 Å². The molecular weight excluding hydrogens is 416 g/mol. The van der Waals surface area contributed by atoms with Gasteiger partial charge in [-0.05, 0) is 50.3 Å². The lowest BCUT2D eigenvalue weighted by Gasteiger charge is -2.31. The number of rotatable bonds is 11. The molecule has 1 saturated carbocycles. The lowest BCUT2D eigenvalue weighted by molar-refractivity contribution is -0.140. The van der Waals surface area contributed by atoms with Gasteiger partial charge in [0.25, 0.3) is 0 Å². The molecule has 1 N–H and O–H groups in total. The third-order valence-electron chi connectivity index (χ3n) is 6.18. The highest BCUT2D eigenvalue weighted by Crippen LogP contribution is 2.21. The first-order valence-electron chi connectivity index (χ1n) is 11.9. The SMILES string of the molecule is CCC(C(=O)NC1CCCC1)N(CCc1ccccc1)C(=O)CCSc1ccc(C)cc1. The van der Waals surface area contributed by atoms with Gasteiger partial charge < -0.3 is 10.2 Å². The lowest BCUT2D eigenvalue weighted by Crippen LogP contribution is -2.51. The molecule has 1 aliphatic rings. The molecule has 1 fully saturated rings. The van der Waals surface area contributed by atoms with Crippen LogP contribution in [0.2, 0.25) is 0 Å². The molecule has 1 aliphatic carbocycles. The van der Waals surface area contributed by atoms with E-state index < -0.39 is 6.04 Å². The molecule has 32 heavy (non-hydrogen) atoms. The van der Waals surface area contributed by atoms with Gasteiger partial charge in [0.15, 0.2) is 0 Å². The number of hydrogen-bond donors (Lipinski definition) is 1. The highest BCUT2D eigenvalue weighted by molar-refractivity contribution is 7.99. The molecule has 0 radical (unpaired) electrons. The van der Waals surface area contributed by atoms with Crippen molar-refractivity contribution in [2.24, 2.45) is 0 Å². The summed E-state index contributed by atoms with van der Waals surface area (Å²) < 4.78 is 0. The van der Waals surface area contributed by atoms with E-state index in [0.717, 1.165) is 19.3 Å². The number of carbonyl (C=O) groups is 2. The molecule has 0 aliphatic heterocycles. The van der Waals surface area contributed by atoms with Crippen molar-refractivity contribution < 1.29 is 9.59 Å². The molecule has 3 rings (SSSR count). The largest absolute Gasteiger partial charge is 0.352 e. The summed E-state index contributed by atoms with van der Waals surface area (Å²) in [5.41, 5.74) is 2.42. The van der Waals surface area contributed by atoms with Crippen LogP contribution >= 0.6 is 11.8 Å². The Labute approximate surface area is 197 Å². The monoisotopic (exact) mass is 452 g/mol. The van der Waals surface area contributed by atoms with Gasteiger partial charge >= 0.3 is 0 Å². The Balaban J connectivity index is 1.63. The van der Waals surface area contributed by atoms with Gasteiger partial charge in [0.1, 0.15) is 6.04 Å². The number of hydrogen-bond acceptors (Lipinski definition) is 3. The highest BCUT2D eigenvalue weighted by atomic mass is 32.2. The van der Waals surface area contributed by atoms with E-state index in [4.69, 9.17) is 0 Å². The van der Waals surface area contributed by atoms with Crippen LogP contribution in [0, 0.1) is 6.92 Å². The van der Waals surface area contributed by atoms with Crippen LogP contribution in [0.5, 0.6) is 0 Å². The average molecular weight is 453 g/mol. The van der Waals surface area contributed by atoms with Gasteiger partial charge in [-0.3, -0.25) is 9.59 Å². The molecule has 0 aromatic heterocycles. The maximum atomic E-state index is 13.3. The summed E-state index contributed by atoms with van der Waals surface area (Å²) in [7, 11) is 0. The molecule has 2 aromatic rings. The molecule has 2 aromatic carbocycles. The first kappa shape index (κ1) is 24.4. The van der Waals surface area contributed by atoms with Crippen LogP contribution in [-0.4, -0.2) is 41.1 Å². The molecule has 0 bridgehead atoms. The number of benzene rings is 2. The molecule has 1 unspecified atom stereocenters. The molecule has 4 nitrogen and oxygen atoms in total.